The van der Waals surface area contributed by atoms with Crippen molar-refractivity contribution < 1.29 is 4.74 Å². The minimum Gasteiger partial charge on any atom is -0.462 e. The molecule has 0 spiro atoms. The van der Waals surface area contributed by atoms with Gasteiger partial charge in [0.2, 0.25) is 0 Å². The molecule has 2 heterocycles. The fourth-order valence-electron chi connectivity index (χ4n) is 1.87. The van der Waals surface area contributed by atoms with Gasteiger partial charge >= 0.3 is 6.01 Å². The van der Waals surface area contributed by atoms with Crippen molar-refractivity contribution in [2.24, 2.45) is 5.41 Å². The number of ether oxygens (including phenoxy) is 1. The van der Waals surface area contributed by atoms with Crippen LogP contribution < -0.4 is 4.74 Å². The molecule has 0 bridgehead atoms. The van der Waals surface area contributed by atoms with Crippen molar-refractivity contribution >= 4 is 0 Å². The van der Waals surface area contributed by atoms with Crippen molar-refractivity contribution in [2.75, 3.05) is 6.61 Å². The summed E-state index contributed by atoms with van der Waals surface area (Å²) in [6, 6.07) is 8.40. The number of nitriles is 1. The third-order valence-corrected chi connectivity index (χ3v) is 3.38. The Kier molecular flexibility index (Phi) is 3.07. The van der Waals surface area contributed by atoms with Gasteiger partial charge in [-0.05, 0) is 31.9 Å². The standard InChI is InChI=1S/C15H14N4O/c1-11-3-2-4-13(19-11)12-7-17-14(18-8-12)20-10-15(9-16)5-6-15/h2-4,7-8H,5-6,10H2,1H3. The van der Waals surface area contributed by atoms with Crippen molar-refractivity contribution in [3.63, 3.8) is 0 Å². The van der Waals surface area contributed by atoms with Crippen LogP contribution in [0.15, 0.2) is 30.6 Å². The second-order valence-corrected chi connectivity index (χ2v) is 5.10. The number of pyridine rings is 1. The van der Waals surface area contributed by atoms with Gasteiger partial charge in [-0.15, -0.1) is 0 Å². The molecule has 5 heteroatoms. The van der Waals surface area contributed by atoms with Crippen molar-refractivity contribution in [2.45, 2.75) is 19.8 Å². The van der Waals surface area contributed by atoms with Gasteiger partial charge in [0.05, 0.1) is 17.2 Å². The first-order chi connectivity index (χ1) is 9.71. The highest BCUT2D eigenvalue weighted by molar-refractivity contribution is 5.56. The monoisotopic (exact) mass is 266 g/mol. The van der Waals surface area contributed by atoms with Gasteiger partial charge in [0.15, 0.2) is 0 Å². The largest absolute Gasteiger partial charge is 0.462 e. The Hall–Kier alpha value is -2.48. The molecule has 0 saturated heterocycles. The molecular weight excluding hydrogens is 252 g/mol. The van der Waals surface area contributed by atoms with E-state index >= 15 is 0 Å². The molecule has 1 aliphatic carbocycles. The van der Waals surface area contributed by atoms with Gasteiger partial charge in [-0.1, -0.05) is 6.07 Å². The van der Waals surface area contributed by atoms with Crippen LogP contribution in [0.3, 0.4) is 0 Å². The van der Waals surface area contributed by atoms with Crippen molar-refractivity contribution in [3.05, 3.63) is 36.3 Å². The van der Waals surface area contributed by atoms with Gasteiger partial charge in [-0.3, -0.25) is 4.98 Å². The molecule has 100 valence electrons. The predicted molar refractivity (Wildman–Crippen MR) is 72.8 cm³/mol. The molecule has 1 aliphatic rings. The van der Waals surface area contributed by atoms with E-state index in [0.29, 0.717) is 12.6 Å². The number of hydrogen-bond acceptors (Lipinski definition) is 5. The van der Waals surface area contributed by atoms with Crippen molar-refractivity contribution in [1.82, 2.24) is 15.0 Å². The summed E-state index contributed by atoms with van der Waals surface area (Å²) in [7, 11) is 0. The van der Waals surface area contributed by atoms with E-state index in [1.165, 1.54) is 0 Å². The first kappa shape index (κ1) is 12.5. The minimum atomic E-state index is -0.305. The Labute approximate surface area is 117 Å². The van der Waals surface area contributed by atoms with E-state index in [1.807, 2.05) is 25.1 Å². The van der Waals surface area contributed by atoms with Crippen LogP contribution in [0, 0.1) is 23.7 Å². The minimum absolute atomic E-state index is 0.305. The maximum absolute atomic E-state index is 8.97. The molecule has 0 atom stereocenters. The highest BCUT2D eigenvalue weighted by atomic mass is 16.5. The first-order valence-corrected chi connectivity index (χ1v) is 6.51. The fraction of sp³-hybridized carbons (Fsp3) is 0.333. The Morgan fingerprint density at radius 2 is 2.05 bits per heavy atom. The molecule has 0 unspecified atom stereocenters. The molecule has 0 radical (unpaired) electrons. The van der Waals surface area contributed by atoms with Gasteiger partial charge < -0.3 is 4.74 Å². The quantitative estimate of drug-likeness (QED) is 0.850. The molecule has 1 fully saturated rings. The molecule has 2 aromatic heterocycles. The smallest absolute Gasteiger partial charge is 0.316 e. The third kappa shape index (κ3) is 2.59. The second kappa shape index (κ2) is 4.89. The average Bonchev–Trinajstić information content (AvgIpc) is 3.26. The van der Waals surface area contributed by atoms with E-state index in [0.717, 1.165) is 29.8 Å². The summed E-state index contributed by atoms with van der Waals surface area (Å²) in [5, 5.41) is 8.97. The van der Waals surface area contributed by atoms with Crippen LogP contribution in [0.2, 0.25) is 0 Å². The summed E-state index contributed by atoms with van der Waals surface area (Å²) in [6.07, 6.45) is 5.18. The van der Waals surface area contributed by atoms with Crippen LogP contribution >= 0.6 is 0 Å². The van der Waals surface area contributed by atoms with E-state index in [9.17, 15) is 0 Å². The zero-order chi connectivity index (χ0) is 14.0. The van der Waals surface area contributed by atoms with Crippen LogP contribution in [0.1, 0.15) is 18.5 Å². The van der Waals surface area contributed by atoms with Crippen molar-refractivity contribution in [1.29, 1.82) is 5.26 Å². The summed E-state index contributed by atoms with van der Waals surface area (Å²) < 4.78 is 5.47. The summed E-state index contributed by atoms with van der Waals surface area (Å²) in [5.41, 5.74) is 2.34. The molecule has 0 aliphatic heterocycles. The van der Waals surface area contributed by atoms with Crippen LogP contribution in [0.4, 0.5) is 0 Å². The lowest BCUT2D eigenvalue weighted by Crippen LogP contribution is -2.12. The third-order valence-electron chi connectivity index (χ3n) is 3.38. The number of nitrogens with zero attached hydrogens (tertiary/aromatic N) is 4. The van der Waals surface area contributed by atoms with Gasteiger partial charge in [0, 0.05) is 23.7 Å². The van der Waals surface area contributed by atoms with Crippen LogP contribution in [-0.2, 0) is 0 Å². The topological polar surface area (TPSA) is 71.7 Å². The predicted octanol–water partition coefficient (Wildman–Crippen LogP) is 2.53. The molecule has 0 aromatic carbocycles. The second-order valence-electron chi connectivity index (χ2n) is 5.10. The summed E-state index contributed by atoms with van der Waals surface area (Å²) in [6.45, 7) is 2.31. The SMILES string of the molecule is Cc1cccc(-c2cnc(OCC3(C#N)CC3)nc2)n1. The Morgan fingerprint density at radius 1 is 1.30 bits per heavy atom. The van der Waals surface area contributed by atoms with Gasteiger partial charge in [-0.2, -0.15) is 5.26 Å². The zero-order valence-electron chi connectivity index (χ0n) is 11.2. The van der Waals surface area contributed by atoms with Crippen LogP contribution in [-0.4, -0.2) is 21.6 Å². The number of aryl methyl sites for hydroxylation is 1. The molecule has 20 heavy (non-hydrogen) atoms. The molecule has 5 nitrogen and oxygen atoms in total. The lowest BCUT2D eigenvalue weighted by Gasteiger charge is -2.07. The Balaban J connectivity index is 1.70. The fourth-order valence-corrected chi connectivity index (χ4v) is 1.87. The summed E-state index contributed by atoms with van der Waals surface area (Å²) in [4.78, 5) is 12.8. The van der Waals surface area contributed by atoms with E-state index in [4.69, 9.17) is 10.00 Å². The molecular formula is C15H14N4O. The summed E-state index contributed by atoms with van der Waals surface area (Å²) >= 11 is 0. The highest BCUT2D eigenvalue weighted by Gasteiger charge is 2.44. The maximum atomic E-state index is 8.97. The van der Waals surface area contributed by atoms with Gasteiger partial charge in [-0.25, -0.2) is 9.97 Å². The number of aromatic nitrogens is 3. The van der Waals surface area contributed by atoms with E-state index < -0.39 is 0 Å². The molecule has 1 saturated carbocycles. The van der Waals surface area contributed by atoms with E-state index in [2.05, 4.69) is 21.0 Å². The van der Waals surface area contributed by atoms with Gasteiger partial charge in [0.25, 0.3) is 0 Å². The molecule has 0 N–H and O–H groups in total. The van der Waals surface area contributed by atoms with E-state index in [1.54, 1.807) is 12.4 Å². The lowest BCUT2D eigenvalue weighted by molar-refractivity contribution is 0.248. The van der Waals surface area contributed by atoms with Crippen molar-refractivity contribution in [3.8, 4) is 23.3 Å². The maximum Gasteiger partial charge on any atom is 0.316 e. The molecule has 3 rings (SSSR count). The van der Waals surface area contributed by atoms with Crippen LogP contribution in [0.5, 0.6) is 6.01 Å². The lowest BCUT2D eigenvalue weighted by atomic mass is 10.1. The number of hydrogen-bond donors (Lipinski definition) is 0. The number of rotatable bonds is 4. The Morgan fingerprint density at radius 3 is 2.65 bits per heavy atom. The van der Waals surface area contributed by atoms with E-state index in [-0.39, 0.29) is 5.41 Å². The average molecular weight is 266 g/mol. The van der Waals surface area contributed by atoms with Gasteiger partial charge in [0.1, 0.15) is 6.61 Å². The summed E-state index contributed by atoms with van der Waals surface area (Å²) in [5.74, 6) is 0. The highest BCUT2D eigenvalue weighted by Crippen LogP contribution is 2.44. The molecule has 0 amide bonds. The normalized spacial score (nSPS) is 15.4. The van der Waals surface area contributed by atoms with Crippen LogP contribution in [0.25, 0.3) is 11.3 Å². The Bertz CT molecular complexity index is 656. The first-order valence-electron chi connectivity index (χ1n) is 6.51. The molecule has 2 aromatic rings. The zero-order valence-corrected chi connectivity index (χ0v) is 11.2.